The summed E-state index contributed by atoms with van der Waals surface area (Å²) < 4.78 is 11.0. The Labute approximate surface area is 206 Å². The Morgan fingerprint density at radius 2 is 2.12 bits per heavy atom. The highest BCUT2D eigenvalue weighted by Gasteiger charge is 2.29. The molecular formula is C26H23ClN2O4S. The van der Waals surface area contributed by atoms with Crippen molar-refractivity contribution in [2.75, 3.05) is 11.9 Å². The van der Waals surface area contributed by atoms with Gasteiger partial charge >= 0.3 is 5.97 Å². The molecule has 1 amide bonds. The molecule has 4 rings (SSSR count). The van der Waals surface area contributed by atoms with E-state index in [0.717, 1.165) is 29.7 Å². The zero-order valence-corrected chi connectivity index (χ0v) is 20.4. The normalized spacial score (nSPS) is 15.4. The van der Waals surface area contributed by atoms with E-state index in [1.807, 2.05) is 24.3 Å². The molecule has 2 heterocycles. The second kappa shape index (κ2) is 10.3. The van der Waals surface area contributed by atoms with Crippen LogP contribution in [0.5, 0.6) is 0 Å². The average Bonchev–Trinajstić information content (AvgIpc) is 3.41. The predicted octanol–water partition coefficient (Wildman–Crippen LogP) is 6.51. The molecule has 2 aromatic heterocycles. The van der Waals surface area contributed by atoms with Gasteiger partial charge in [-0.3, -0.25) is 4.79 Å². The van der Waals surface area contributed by atoms with Gasteiger partial charge in [-0.2, -0.15) is 5.26 Å². The summed E-state index contributed by atoms with van der Waals surface area (Å²) in [7, 11) is 0. The van der Waals surface area contributed by atoms with E-state index < -0.39 is 11.9 Å². The lowest BCUT2D eigenvalue weighted by Crippen LogP contribution is -2.17. The summed E-state index contributed by atoms with van der Waals surface area (Å²) in [6, 6.07) is 12.6. The van der Waals surface area contributed by atoms with Gasteiger partial charge < -0.3 is 14.5 Å². The van der Waals surface area contributed by atoms with Gasteiger partial charge in [0.1, 0.15) is 28.2 Å². The molecule has 1 aliphatic carbocycles. The van der Waals surface area contributed by atoms with Gasteiger partial charge in [0.15, 0.2) is 0 Å². The number of rotatable bonds is 6. The fraction of sp³-hybridized carbons (Fsp3) is 0.269. The van der Waals surface area contributed by atoms with Crippen LogP contribution < -0.4 is 5.32 Å². The molecule has 34 heavy (non-hydrogen) atoms. The lowest BCUT2D eigenvalue weighted by atomic mass is 9.88. The zero-order chi connectivity index (χ0) is 24.2. The molecule has 174 valence electrons. The number of benzene rings is 1. The number of ether oxygens (including phenoxy) is 1. The van der Waals surface area contributed by atoms with Crippen LogP contribution in [-0.2, 0) is 22.4 Å². The van der Waals surface area contributed by atoms with E-state index in [2.05, 4.69) is 12.2 Å². The fourth-order valence-corrected chi connectivity index (χ4v) is 5.58. The van der Waals surface area contributed by atoms with Crippen molar-refractivity contribution < 1.29 is 18.7 Å². The first-order valence-corrected chi connectivity index (χ1v) is 12.2. The smallest absolute Gasteiger partial charge is 0.341 e. The third-order valence-corrected chi connectivity index (χ3v) is 7.14. The van der Waals surface area contributed by atoms with Gasteiger partial charge in [-0.25, -0.2) is 4.79 Å². The van der Waals surface area contributed by atoms with E-state index in [-0.39, 0.29) is 12.2 Å². The Kier molecular flexibility index (Phi) is 7.20. The minimum Gasteiger partial charge on any atom is -0.462 e. The molecule has 0 spiro atoms. The number of amides is 1. The zero-order valence-electron chi connectivity index (χ0n) is 18.8. The monoisotopic (exact) mass is 494 g/mol. The van der Waals surface area contributed by atoms with Gasteiger partial charge in [-0.1, -0.05) is 30.7 Å². The standard InChI is InChI=1S/C26H23ClN2O4S/c1-3-32-26(31)23-19-10-8-15(2)12-22(19)34-25(23)29-24(30)16(14-28)13-17-9-11-21(33-17)18-6-4-5-7-20(18)27/h4-7,9,11,13,15H,3,8,10,12H2,1-2H3,(H,29,30)/b16-13+. The molecular weight excluding hydrogens is 472 g/mol. The van der Waals surface area contributed by atoms with Crippen molar-refractivity contribution in [1.29, 1.82) is 5.26 Å². The Hall–Kier alpha value is -3.34. The summed E-state index contributed by atoms with van der Waals surface area (Å²) in [5.41, 5.74) is 1.91. The van der Waals surface area contributed by atoms with Crippen LogP contribution in [0.25, 0.3) is 17.4 Å². The molecule has 1 aromatic carbocycles. The first-order valence-electron chi connectivity index (χ1n) is 11.0. The summed E-state index contributed by atoms with van der Waals surface area (Å²) >= 11 is 7.61. The number of esters is 1. The molecule has 6 nitrogen and oxygen atoms in total. The van der Waals surface area contributed by atoms with E-state index in [1.165, 1.54) is 17.4 Å². The molecule has 0 saturated carbocycles. The Balaban J connectivity index is 1.61. The molecule has 1 unspecified atom stereocenters. The van der Waals surface area contributed by atoms with Crippen LogP contribution in [0.4, 0.5) is 5.00 Å². The largest absolute Gasteiger partial charge is 0.462 e. The number of thiophene rings is 1. The number of furan rings is 1. The van der Waals surface area contributed by atoms with Crippen LogP contribution in [-0.4, -0.2) is 18.5 Å². The Morgan fingerprint density at radius 3 is 2.85 bits per heavy atom. The van der Waals surface area contributed by atoms with Gasteiger partial charge in [0, 0.05) is 16.5 Å². The first kappa shape index (κ1) is 23.8. The number of hydrogen-bond donors (Lipinski definition) is 1. The quantitative estimate of drug-likeness (QED) is 0.239. The van der Waals surface area contributed by atoms with E-state index >= 15 is 0 Å². The summed E-state index contributed by atoms with van der Waals surface area (Å²) in [5.74, 6) is 0.300. The first-order chi connectivity index (χ1) is 16.4. The molecule has 0 bridgehead atoms. The van der Waals surface area contributed by atoms with Crippen molar-refractivity contribution in [2.24, 2.45) is 5.92 Å². The van der Waals surface area contributed by atoms with Crippen LogP contribution in [0, 0.1) is 17.2 Å². The van der Waals surface area contributed by atoms with E-state index in [1.54, 1.807) is 25.1 Å². The number of carbonyl (C=O) groups excluding carboxylic acids is 2. The van der Waals surface area contributed by atoms with Crippen molar-refractivity contribution in [3.05, 3.63) is 68.8 Å². The lowest BCUT2D eigenvalue weighted by molar-refractivity contribution is -0.112. The molecule has 0 saturated heterocycles. The number of nitrogens with zero attached hydrogens (tertiary/aromatic N) is 1. The summed E-state index contributed by atoms with van der Waals surface area (Å²) in [4.78, 5) is 26.7. The van der Waals surface area contributed by atoms with Crippen molar-refractivity contribution in [1.82, 2.24) is 0 Å². The second-order valence-electron chi connectivity index (χ2n) is 8.08. The van der Waals surface area contributed by atoms with Crippen molar-refractivity contribution in [3.8, 4) is 17.4 Å². The highest BCUT2D eigenvalue weighted by atomic mass is 35.5. The minimum absolute atomic E-state index is 0.144. The van der Waals surface area contributed by atoms with Crippen molar-refractivity contribution in [2.45, 2.75) is 33.1 Å². The highest BCUT2D eigenvalue weighted by Crippen LogP contribution is 2.40. The fourth-order valence-electron chi connectivity index (χ4n) is 3.96. The minimum atomic E-state index is -0.615. The van der Waals surface area contributed by atoms with Crippen molar-refractivity contribution in [3.63, 3.8) is 0 Å². The maximum atomic E-state index is 13.0. The van der Waals surface area contributed by atoms with Gasteiger partial charge in [0.05, 0.1) is 17.2 Å². The predicted molar refractivity (Wildman–Crippen MR) is 133 cm³/mol. The average molecular weight is 495 g/mol. The number of halogens is 1. The van der Waals surface area contributed by atoms with Crippen molar-refractivity contribution >= 4 is 45.9 Å². The van der Waals surface area contributed by atoms with E-state index in [9.17, 15) is 14.9 Å². The molecule has 1 N–H and O–H groups in total. The number of carbonyl (C=O) groups is 2. The van der Waals surface area contributed by atoms with Crippen LogP contribution in [0.15, 0.2) is 46.4 Å². The molecule has 3 aromatic rings. The molecule has 1 atom stereocenters. The summed E-state index contributed by atoms with van der Waals surface area (Å²) in [6.45, 7) is 4.15. The molecule has 1 aliphatic rings. The van der Waals surface area contributed by atoms with E-state index in [0.29, 0.717) is 38.6 Å². The second-order valence-corrected chi connectivity index (χ2v) is 9.59. The Bertz CT molecular complexity index is 1310. The highest BCUT2D eigenvalue weighted by molar-refractivity contribution is 7.17. The molecule has 0 fully saturated rings. The third-order valence-electron chi connectivity index (χ3n) is 5.64. The topological polar surface area (TPSA) is 92.3 Å². The molecule has 8 heteroatoms. The summed E-state index contributed by atoms with van der Waals surface area (Å²) in [5, 5.41) is 13.4. The number of nitrogens with one attached hydrogen (secondary N) is 1. The number of hydrogen-bond acceptors (Lipinski definition) is 6. The van der Waals surface area contributed by atoms with E-state index in [4.69, 9.17) is 20.8 Å². The van der Waals surface area contributed by atoms with Gasteiger partial charge in [-0.05, 0) is 61.9 Å². The number of fused-ring (bicyclic) bond motifs is 1. The van der Waals surface area contributed by atoms with Crippen LogP contribution in [0.1, 0.15) is 46.8 Å². The van der Waals surface area contributed by atoms with Crippen LogP contribution >= 0.6 is 22.9 Å². The van der Waals surface area contributed by atoms with Gasteiger partial charge in [0.2, 0.25) is 0 Å². The van der Waals surface area contributed by atoms with Gasteiger partial charge in [0.25, 0.3) is 5.91 Å². The maximum absolute atomic E-state index is 13.0. The molecule has 0 radical (unpaired) electrons. The number of anilines is 1. The van der Waals surface area contributed by atoms with Crippen LogP contribution in [0.3, 0.4) is 0 Å². The van der Waals surface area contributed by atoms with Gasteiger partial charge in [-0.15, -0.1) is 11.3 Å². The SMILES string of the molecule is CCOC(=O)c1c(NC(=O)/C(C#N)=C/c2ccc(-c3ccccc3Cl)o2)sc2c1CCC(C)C2. The maximum Gasteiger partial charge on any atom is 0.341 e. The third kappa shape index (κ3) is 4.93. The number of nitriles is 1. The molecule has 0 aliphatic heterocycles. The lowest BCUT2D eigenvalue weighted by Gasteiger charge is -2.18. The Morgan fingerprint density at radius 1 is 1.32 bits per heavy atom. The van der Waals surface area contributed by atoms with Crippen LogP contribution in [0.2, 0.25) is 5.02 Å². The summed E-state index contributed by atoms with van der Waals surface area (Å²) in [6.07, 6.45) is 3.95.